The Labute approximate surface area is 133 Å². The lowest BCUT2D eigenvalue weighted by Gasteiger charge is -2.10. The fourth-order valence-corrected chi connectivity index (χ4v) is 3.06. The minimum absolute atomic E-state index is 0.229. The molecule has 0 aliphatic heterocycles. The molecule has 0 aliphatic rings. The lowest BCUT2D eigenvalue weighted by Crippen LogP contribution is -1.98. The van der Waals surface area contributed by atoms with E-state index in [1.165, 1.54) is 0 Å². The largest absolute Gasteiger partial charge is 0.502 e. The zero-order valence-corrected chi connectivity index (χ0v) is 15.4. The van der Waals surface area contributed by atoms with Gasteiger partial charge in [-0.05, 0) is 25.7 Å². The van der Waals surface area contributed by atoms with Crippen LogP contribution in [0, 0.1) is 0 Å². The summed E-state index contributed by atoms with van der Waals surface area (Å²) in [4.78, 5) is 11.4. The molecule has 0 N–H and O–H groups in total. The average molecular weight is 423 g/mol. The maximum atomic E-state index is 11.4. The van der Waals surface area contributed by atoms with Crippen molar-refractivity contribution < 1.29 is 18.5 Å². The van der Waals surface area contributed by atoms with Gasteiger partial charge in [0.05, 0.1) is 13.2 Å². The van der Waals surface area contributed by atoms with Gasteiger partial charge in [-0.2, -0.15) is 0 Å². The molecule has 0 spiro atoms. The van der Waals surface area contributed by atoms with Crippen molar-refractivity contribution in [2.75, 3.05) is 23.9 Å². The molecule has 0 unspecified atom stereocenters. The van der Waals surface area contributed by atoms with Gasteiger partial charge in [0.15, 0.2) is 0 Å². The zero-order valence-electron chi connectivity index (χ0n) is 11.3. The molecule has 4 nitrogen and oxygen atoms in total. The number of hydrogen-bond donors (Lipinski definition) is 0. The van der Waals surface area contributed by atoms with Crippen LogP contribution in [-0.4, -0.2) is 23.9 Å². The molecule has 19 heavy (non-hydrogen) atoms. The topological polar surface area (TPSA) is 55.4 Å². The Bertz CT molecular complexity index is 222. The van der Waals surface area contributed by atoms with Crippen molar-refractivity contribution in [1.29, 1.82) is 0 Å². The van der Waals surface area contributed by atoms with E-state index in [0.29, 0.717) is 0 Å². The first-order valence-electron chi connectivity index (χ1n) is 6.84. The number of alkyl halides is 2. The second-order valence-electron chi connectivity index (χ2n) is 4.32. The Hall–Kier alpha value is 1.07. The van der Waals surface area contributed by atoms with Crippen LogP contribution >= 0.6 is 39.7 Å². The van der Waals surface area contributed by atoms with Gasteiger partial charge in [0.25, 0.3) is 0 Å². The van der Waals surface area contributed by atoms with Gasteiger partial charge < -0.3 is 0 Å². The second-order valence-corrected chi connectivity index (χ2v) is 7.32. The van der Waals surface area contributed by atoms with E-state index in [-0.39, 0.29) is 13.2 Å². The molecular weight excluding hydrogens is 399 g/mol. The summed E-state index contributed by atoms with van der Waals surface area (Å²) < 4.78 is 21.0. The molecule has 0 amide bonds. The van der Waals surface area contributed by atoms with E-state index in [2.05, 4.69) is 31.9 Å². The van der Waals surface area contributed by atoms with Gasteiger partial charge in [0.2, 0.25) is 0 Å². The molecule has 0 rings (SSSR count). The Morgan fingerprint density at radius 3 is 1.42 bits per heavy atom. The van der Waals surface area contributed by atoms with Crippen LogP contribution in [0.25, 0.3) is 0 Å². The van der Waals surface area contributed by atoms with E-state index in [1.54, 1.807) is 0 Å². The molecule has 1 radical (unpaired) electrons. The maximum Gasteiger partial charge on any atom is 0.502 e. The van der Waals surface area contributed by atoms with Crippen molar-refractivity contribution >= 4 is 39.7 Å². The molecule has 0 bridgehead atoms. The van der Waals surface area contributed by atoms with Crippen LogP contribution in [0.2, 0.25) is 0 Å². The Kier molecular flexibility index (Phi) is 14.8. The van der Waals surface area contributed by atoms with Crippen LogP contribution in [-0.2, 0) is 18.5 Å². The predicted octanol–water partition coefficient (Wildman–Crippen LogP) is 5.47. The maximum absolute atomic E-state index is 11.4. The Morgan fingerprint density at radius 1 is 0.684 bits per heavy atom. The van der Waals surface area contributed by atoms with Crippen LogP contribution in [0.4, 0.5) is 0 Å². The van der Waals surface area contributed by atoms with E-state index >= 15 is 0 Å². The van der Waals surface area contributed by atoms with Gasteiger partial charge in [0.1, 0.15) is 0 Å². The normalized spacial score (nSPS) is 11.9. The van der Waals surface area contributed by atoms with Crippen LogP contribution in [0.1, 0.15) is 51.4 Å². The summed E-state index contributed by atoms with van der Waals surface area (Å²) >= 11 is 6.71. The second kappa shape index (κ2) is 14.0. The van der Waals surface area contributed by atoms with Crippen LogP contribution < -0.4 is 0 Å². The first-order valence-corrected chi connectivity index (χ1v) is 10.5. The number of rotatable bonds is 14. The summed E-state index contributed by atoms with van der Waals surface area (Å²) in [6, 6.07) is 0. The van der Waals surface area contributed by atoms with Crippen molar-refractivity contribution in [1.82, 2.24) is 0 Å². The SMILES string of the molecule is [O]P(=O)(OCCCCCCBr)OCCCCCCBr. The predicted molar refractivity (Wildman–Crippen MR) is 84.7 cm³/mol. The first-order chi connectivity index (χ1) is 9.12. The lowest BCUT2D eigenvalue weighted by molar-refractivity contribution is 0.124. The van der Waals surface area contributed by atoms with Crippen molar-refractivity contribution in [3.05, 3.63) is 0 Å². The summed E-state index contributed by atoms with van der Waals surface area (Å²) in [6.45, 7) is 0.458. The average Bonchev–Trinajstić information content (AvgIpc) is 2.38. The zero-order chi connectivity index (χ0) is 14.4. The van der Waals surface area contributed by atoms with Crippen molar-refractivity contribution in [3.63, 3.8) is 0 Å². The third kappa shape index (κ3) is 15.3. The smallest absolute Gasteiger partial charge is 0.285 e. The minimum Gasteiger partial charge on any atom is -0.285 e. The van der Waals surface area contributed by atoms with E-state index in [4.69, 9.17) is 9.05 Å². The quantitative estimate of drug-likeness (QED) is 0.212. The highest BCUT2D eigenvalue weighted by molar-refractivity contribution is 9.09. The molecule has 0 aromatic heterocycles. The highest BCUT2D eigenvalue weighted by Crippen LogP contribution is 2.44. The van der Waals surface area contributed by atoms with Crippen LogP contribution in [0.5, 0.6) is 0 Å². The van der Waals surface area contributed by atoms with E-state index in [1.807, 2.05) is 0 Å². The molecule has 0 aromatic rings. The van der Waals surface area contributed by atoms with Gasteiger partial charge in [-0.25, -0.2) is 4.57 Å². The van der Waals surface area contributed by atoms with Gasteiger partial charge in [0, 0.05) is 10.7 Å². The van der Waals surface area contributed by atoms with Gasteiger partial charge in [-0.3, -0.25) is 9.05 Å². The van der Waals surface area contributed by atoms with Crippen molar-refractivity contribution in [2.45, 2.75) is 51.4 Å². The monoisotopic (exact) mass is 421 g/mol. The molecule has 0 saturated carbocycles. The minimum atomic E-state index is -4.07. The van der Waals surface area contributed by atoms with E-state index in [0.717, 1.165) is 62.0 Å². The fourth-order valence-electron chi connectivity index (χ4n) is 1.49. The molecule has 0 heterocycles. The molecule has 0 saturated heterocycles. The highest BCUT2D eigenvalue weighted by atomic mass is 79.9. The Morgan fingerprint density at radius 2 is 1.05 bits per heavy atom. The molecule has 0 aromatic carbocycles. The summed E-state index contributed by atoms with van der Waals surface area (Å²) in [5.41, 5.74) is 0. The fraction of sp³-hybridized carbons (Fsp3) is 1.00. The molecule has 0 atom stereocenters. The third-order valence-corrected chi connectivity index (χ3v) is 4.67. The number of unbranched alkanes of at least 4 members (excludes halogenated alkanes) is 6. The molecule has 0 aliphatic carbocycles. The Balaban J connectivity index is 3.39. The lowest BCUT2D eigenvalue weighted by atomic mass is 10.2. The molecule has 115 valence electrons. The van der Waals surface area contributed by atoms with Crippen molar-refractivity contribution in [2.24, 2.45) is 0 Å². The van der Waals surface area contributed by atoms with Gasteiger partial charge in [-0.1, -0.05) is 57.5 Å². The van der Waals surface area contributed by atoms with Crippen molar-refractivity contribution in [3.8, 4) is 0 Å². The van der Waals surface area contributed by atoms with E-state index in [9.17, 15) is 9.46 Å². The van der Waals surface area contributed by atoms with Crippen LogP contribution in [0.15, 0.2) is 0 Å². The summed E-state index contributed by atoms with van der Waals surface area (Å²) in [6.07, 6.45) is 7.89. The number of hydrogen-bond acceptors (Lipinski definition) is 3. The third-order valence-electron chi connectivity index (χ3n) is 2.55. The summed E-state index contributed by atoms with van der Waals surface area (Å²) in [5.74, 6) is 0. The molecular formula is C12H24Br2O4P. The van der Waals surface area contributed by atoms with Gasteiger partial charge >= 0.3 is 7.82 Å². The first kappa shape index (κ1) is 20.1. The summed E-state index contributed by atoms with van der Waals surface area (Å²) in [7, 11) is -4.07. The standard InChI is InChI=1S/C12H24Br2O4P/c13-9-5-1-3-7-11-17-19(15,16)18-12-8-4-2-6-10-14/h1-12H2. The summed E-state index contributed by atoms with van der Waals surface area (Å²) in [5, 5.41) is 1.98. The molecule has 7 heteroatoms. The highest BCUT2D eigenvalue weighted by Gasteiger charge is 2.22. The van der Waals surface area contributed by atoms with Gasteiger partial charge in [-0.15, -0.1) is 4.89 Å². The van der Waals surface area contributed by atoms with Crippen LogP contribution in [0.3, 0.4) is 0 Å². The number of halogens is 2. The molecule has 0 fully saturated rings. The van der Waals surface area contributed by atoms with E-state index < -0.39 is 7.82 Å².